The molecule has 110 valence electrons. The molecule has 0 aromatic heterocycles. The molecule has 1 fully saturated rings. The number of ether oxygens (including phenoxy) is 1. The van der Waals surface area contributed by atoms with Crippen LogP contribution in [-0.2, 0) is 9.53 Å². The van der Waals surface area contributed by atoms with Gasteiger partial charge in [0, 0.05) is 23.2 Å². The molecule has 6 heteroatoms. The summed E-state index contributed by atoms with van der Waals surface area (Å²) < 4.78 is 6.53. The lowest BCUT2D eigenvalue weighted by molar-refractivity contribution is -0.124. The zero-order valence-electron chi connectivity index (χ0n) is 11.4. The van der Waals surface area contributed by atoms with Crippen molar-refractivity contribution in [1.82, 2.24) is 4.90 Å². The molecule has 2 atom stereocenters. The van der Waals surface area contributed by atoms with Crippen molar-refractivity contribution in [3.05, 3.63) is 28.7 Å². The summed E-state index contributed by atoms with van der Waals surface area (Å²) in [5, 5.41) is 12.0. The van der Waals surface area contributed by atoms with Crippen molar-refractivity contribution in [2.45, 2.75) is 19.1 Å². The number of hydrogen-bond donors (Lipinski definition) is 2. The number of amides is 1. The zero-order valence-corrected chi connectivity index (χ0v) is 13.0. The number of carbonyl (C=O) groups excluding carboxylic acids is 1. The lowest BCUT2D eigenvalue weighted by atomic mass is 10.2. The Kier molecular flexibility index (Phi) is 5.54. The third-order valence-electron chi connectivity index (χ3n) is 3.10. The van der Waals surface area contributed by atoms with Crippen LogP contribution in [0.2, 0.25) is 0 Å². The summed E-state index contributed by atoms with van der Waals surface area (Å²) in [6, 6.07) is 7.46. The van der Waals surface area contributed by atoms with Crippen LogP contribution in [0.3, 0.4) is 0 Å². The Hall–Kier alpha value is -0.950. The molecule has 0 spiro atoms. The van der Waals surface area contributed by atoms with Crippen molar-refractivity contribution in [3.63, 3.8) is 0 Å². The summed E-state index contributed by atoms with van der Waals surface area (Å²) in [7, 11) is 0. The number of halogens is 1. The van der Waals surface area contributed by atoms with Crippen molar-refractivity contribution in [1.29, 1.82) is 0 Å². The van der Waals surface area contributed by atoms with Crippen molar-refractivity contribution >= 4 is 27.5 Å². The summed E-state index contributed by atoms with van der Waals surface area (Å²) in [4.78, 5) is 14.0. The van der Waals surface area contributed by atoms with Gasteiger partial charge in [-0.3, -0.25) is 9.69 Å². The molecule has 2 unspecified atom stereocenters. The number of nitrogens with zero attached hydrogens (tertiary/aromatic N) is 1. The molecule has 0 bridgehead atoms. The maximum atomic E-state index is 12.0. The van der Waals surface area contributed by atoms with Crippen LogP contribution in [0.1, 0.15) is 6.92 Å². The molecule has 2 rings (SSSR count). The van der Waals surface area contributed by atoms with Crippen LogP contribution in [0, 0.1) is 0 Å². The molecule has 1 aromatic rings. The fraction of sp³-hybridized carbons (Fsp3) is 0.500. The predicted molar refractivity (Wildman–Crippen MR) is 80.6 cm³/mol. The van der Waals surface area contributed by atoms with Gasteiger partial charge in [-0.1, -0.05) is 15.9 Å². The summed E-state index contributed by atoms with van der Waals surface area (Å²) in [6.45, 7) is 3.51. The number of aliphatic hydroxyl groups is 1. The number of aliphatic hydroxyl groups excluding tert-OH is 1. The second-order valence-electron chi connectivity index (χ2n) is 5.00. The van der Waals surface area contributed by atoms with E-state index >= 15 is 0 Å². The summed E-state index contributed by atoms with van der Waals surface area (Å²) in [5.41, 5.74) is 0.776. The van der Waals surface area contributed by atoms with Gasteiger partial charge in [-0.2, -0.15) is 0 Å². The number of hydrogen-bond acceptors (Lipinski definition) is 4. The normalized spacial score (nSPS) is 23.6. The lowest BCUT2D eigenvalue weighted by Crippen LogP contribution is -2.50. The molecule has 1 aliphatic rings. The molecule has 2 N–H and O–H groups in total. The van der Waals surface area contributed by atoms with E-state index in [-0.39, 0.29) is 24.7 Å². The smallest absolute Gasteiger partial charge is 0.238 e. The number of morpholine rings is 1. The van der Waals surface area contributed by atoms with Crippen LogP contribution in [0.5, 0.6) is 0 Å². The van der Waals surface area contributed by atoms with Crippen LogP contribution < -0.4 is 5.32 Å². The van der Waals surface area contributed by atoms with Gasteiger partial charge in [-0.05, 0) is 31.2 Å². The number of anilines is 1. The minimum atomic E-state index is -0.209. The molecule has 0 saturated carbocycles. The van der Waals surface area contributed by atoms with Crippen molar-refractivity contribution in [3.8, 4) is 0 Å². The number of rotatable bonds is 4. The quantitative estimate of drug-likeness (QED) is 0.869. The highest BCUT2D eigenvalue weighted by atomic mass is 79.9. The Morgan fingerprint density at radius 1 is 1.45 bits per heavy atom. The second kappa shape index (κ2) is 7.17. The van der Waals surface area contributed by atoms with Gasteiger partial charge in [0.15, 0.2) is 0 Å². The summed E-state index contributed by atoms with van der Waals surface area (Å²) >= 11 is 3.35. The zero-order chi connectivity index (χ0) is 14.5. The van der Waals surface area contributed by atoms with Gasteiger partial charge in [0.1, 0.15) is 0 Å². The molecule has 1 heterocycles. The van der Waals surface area contributed by atoms with Gasteiger partial charge in [0.25, 0.3) is 0 Å². The highest BCUT2D eigenvalue weighted by Gasteiger charge is 2.25. The molecule has 1 aromatic carbocycles. The van der Waals surface area contributed by atoms with E-state index in [1.807, 2.05) is 36.1 Å². The Morgan fingerprint density at radius 3 is 2.80 bits per heavy atom. The summed E-state index contributed by atoms with van der Waals surface area (Å²) in [5.74, 6) is -0.0573. The lowest BCUT2D eigenvalue weighted by Gasteiger charge is -2.35. The van der Waals surface area contributed by atoms with E-state index in [9.17, 15) is 4.79 Å². The maximum Gasteiger partial charge on any atom is 0.238 e. The first-order chi connectivity index (χ1) is 9.56. The van der Waals surface area contributed by atoms with E-state index in [1.165, 1.54) is 0 Å². The fourth-order valence-electron chi connectivity index (χ4n) is 2.31. The standard InChI is InChI=1S/C14H19BrN2O3/c1-10-6-17(7-13(9-18)20-10)8-14(19)16-12-4-2-11(15)3-5-12/h2-5,10,13,18H,6-9H2,1H3,(H,16,19). The van der Waals surface area contributed by atoms with Crippen LogP contribution in [0.25, 0.3) is 0 Å². The molecule has 20 heavy (non-hydrogen) atoms. The second-order valence-corrected chi connectivity index (χ2v) is 5.92. The van der Waals surface area contributed by atoms with E-state index in [4.69, 9.17) is 9.84 Å². The van der Waals surface area contributed by atoms with Gasteiger partial charge < -0.3 is 15.2 Å². The fourth-order valence-corrected chi connectivity index (χ4v) is 2.57. The molecular weight excluding hydrogens is 324 g/mol. The first-order valence-electron chi connectivity index (χ1n) is 6.61. The van der Waals surface area contributed by atoms with Gasteiger partial charge in [-0.15, -0.1) is 0 Å². The van der Waals surface area contributed by atoms with Crippen LogP contribution in [0.15, 0.2) is 28.7 Å². The molecule has 1 saturated heterocycles. The van der Waals surface area contributed by atoms with Gasteiger partial charge >= 0.3 is 0 Å². The Bertz CT molecular complexity index is 452. The Balaban J connectivity index is 1.86. The SMILES string of the molecule is CC1CN(CC(=O)Nc2ccc(Br)cc2)CC(CO)O1. The highest BCUT2D eigenvalue weighted by molar-refractivity contribution is 9.10. The van der Waals surface area contributed by atoms with E-state index in [0.29, 0.717) is 19.6 Å². The average molecular weight is 343 g/mol. The minimum absolute atomic E-state index is 0.0187. The van der Waals surface area contributed by atoms with Crippen molar-refractivity contribution in [2.24, 2.45) is 0 Å². The molecule has 5 nitrogen and oxygen atoms in total. The third kappa shape index (κ3) is 4.56. The van der Waals surface area contributed by atoms with Crippen molar-refractivity contribution in [2.75, 3.05) is 31.6 Å². The number of nitrogens with one attached hydrogen (secondary N) is 1. The number of benzene rings is 1. The topological polar surface area (TPSA) is 61.8 Å². The molecule has 1 aliphatic heterocycles. The average Bonchev–Trinajstić information content (AvgIpc) is 2.40. The van der Waals surface area contributed by atoms with Crippen LogP contribution in [0.4, 0.5) is 5.69 Å². The van der Waals surface area contributed by atoms with E-state index in [2.05, 4.69) is 21.2 Å². The van der Waals surface area contributed by atoms with E-state index < -0.39 is 0 Å². The van der Waals surface area contributed by atoms with E-state index in [1.54, 1.807) is 0 Å². The highest BCUT2D eigenvalue weighted by Crippen LogP contribution is 2.15. The van der Waals surface area contributed by atoms with Gasteiger partial charge in [-0.25, -0.2) is 0 Å². The Morgan fingerprint density at radius 2 is 2.15 bits per heavy atom. The van der Waals surface area contributed by atoms with E-state index in [0.717, 1.165) is 10.2 Å². The molecule has 1 amide bonds. The number of carbonyl (C=O) groups is 1. The van der Waals surface area contributed by atoms with Crippen LogP contribution >= 0.6 is 15.9 Å². The summed E-state index contributed by atoms with van der Waals surface area (Å²) in [6.07, 6.45) is -0.180. The maximum absolute atomic E-state index is 12.0. The van der Waals surface area contributed by atoms with Gasteiger partial charge in [0.2, 0.25) is 5.91 Å². The third-order valence-corrected chi connectivity index (χ3v) is 3.63. The molecule has 0 aliphatic carbocycles. The first kappa shape index (κ1) is 15.4. The first-order valence-corrected chi connectivity index (χ1v) is 7.40. The van der Waals surface area contributed by atoms with Gasteiger partial charge in [0.05, 0.1) is 25.4 Å². The largest absolute Gasteiger partial charge is 0.394 e. The van der Waals surface area contributed by atoms with Crippen LogP contribution in [-0.4, -0.2) is 54.4 Å². The Labute approximate surface area is 127 Å². The van der Waals surface area contributed by atoms with Crippen molar-refractivity contribution < 1.29 is 14.6 Å². The molecule has 0 radical (unpaired) electrons. The predicted octanol–water partition coefficient (Wildman–Crippen LogP) is 1.47. The monoisotopic (exact) mass is 342 g/mol. The molecular formula is C14H19BrN2O3. The minimum Gasteiger partial charge on any atom is -0.394 e.